The maximum atomic E-state index is 12.0. The van der Waals surface area contributed by atoms with E-state index in [4.69, 9.17) is 16.7 Å². The quantitative estimate of drug-likeness (QED) is 0.813. The highest BCUT2D eigenvalue weighted by atomic mass is 35.5. The summed E-state index contributed by atoms with van der Waals surface area (Å²) in [4.78, 5) is 12.0. The number of rotatable bonds is 7. The molecule has 0 unspecified atom stereocenters. The van der Waals surface area contributed by atoms with Crippen molar-refractivity contribution in [1.29, 1.82) is 0 Å². The van der Waals surface area contributed by atoms with Crippen molar-refractivity contribution in [3.63, 3.8) is 0 Å². The average molecular weight is 336 g/mol. The third-order valence-corrected chi connectivity index (χ3v) is 4.09. The Morgan fingerprint density at radius 1 is 1.26 bits per heavy atom. The molecular formula is C17H22ClN3O2. The van der Waals surface area contributed by atoms with Crippen LogP contribution < -0.4 is 5.32 Å². The predicted octanol–water partition coefficient (Wildman–Crippen LogP) is 2.05. The zero-order valence-corrected chi connectivity index (χ0v) is 14.2. The number of hydrogen-bond donors (Lipinski definition) is 2. The number of nitrogens with one attached hydrogen (secondary N) is 1. The summed E-state index contributed by atoms with van der Waals surface area (Å²) in [6.07, 6.45) is 1.33. The van der Waals surface area contributed by atoms with E-state index >= 15 is 0 Å². The number of aliphatic hydroxyl groups is 1. The molecule has 0 bridgehead atoms. The van der Waals surface area contributed by atoms with Gasteiger partial charge in [0.15, 0.2) is 0 Å². The van der Waals surface area contributed by atoms with E-state index in [1.807, 2.05) is 38.1 Å². The first kappa shape index (κ1) is 17.5. The molecule has 2 N–H and O–H groups in total. The van der Waals surface area contributed by atoms with Gasteiger partial charge in [0, 0.05) is 23.9 Å². The fourth-order valence-corrected chi connectivity index (χ4v) is 2.68. The second-order valence-corrected chi connectivity index (χ2v) is 5.94. The number of benzene rings is 1. The molecule has 1 heterocycles. The minimum atomic E-state index is -0.0693. The van der Waals surface area contributed by atoms with Crippen LogP contribution in [0, 0.1) is 13.8 Å². The van der Waals surface area contributed by atoms with Crippen LogP contribution in [0.5, 0.6) is 0 Å². The fourth-order valence-electron chi connectivity index (χ4n) is 2.55. The number of halogens is 1. The molecule has 2 rings (SSSR count). The van der Waals surface area contributed by atoms with Crippen molar-refractivity contribution in [2.75, 3.05) is 13.2 Å². The van der Waals surface area contributed by atoms with Crippen LogP contribution in [0.3, 0.4) is 0 Å². The summed E-state index contributed by atoms with van der Waals surface area (Å²) in [6, 6.07) is 7.60. The van der Waals surface area contributed by atoms with Gasteiger partial charge in [0.25, 0.3) is 0 Å². The van der Waals surface area contributed by atoms with Crippen LogP contribution >= 0.6 is 11.6 Å². The van der Waals surface area contributed by atoms with Crippen LogP contribution in [0.4, 0.5) is 0 Å². The first-order chi connectivity index (χ1) is 11.0. The lowest BCUT2D eigenvalue weighted by molar-refractivity contribution is -0.121. The molecule has 0 saturated heterocycles. The summed E-state index contributed by atoms with van der Waals surface area (Å²) in [5, 5.41) is 17.1. The Labute approximate surface area is 141 Å². The van der Waals surface area contributed by atoms with Crippen molar-refractivity contribution in [2.45, 2.75) is 33.2 Å². The number of aromatic nitrogens is 2. The first-order valence-electron chi connectivity index (χ1n) is 7.66. The molecule has 0 saturated carbocycles. The Morgan fingerprint density at radius 3 is 2.61 bits per heavy atom. The fraction of sp³-hybridized carbons (Fsp3) is 0.412. The number of hydrogen-bond acceptors (Lipinski definition) is 3. The van der Waals surface area contributed by atoms with Gasteiger partial charge in [-0.25, -0.2) is 0 Å². The van der Waals surface area contributed by atoms with Gasteiger partial charge in [0.1, 0.15) is 6.54 Å². The number of carbonyl (C=O) groups excluding carboxylic acids is 1. The standard InChI is InChI=1S/C17H22ClN3O2/c1-12-16(8-10-22)13(2)21(20-12)11-17(23)19-9-7-14-3-5-15(18)6-4-14/h3-6,22H,7-11H2,1-2H3,(H,19,23). The third kappa shape index (κ3) is 4.81. The van der Waals surface area contributed by atoms with E-state index in [9.17, 15) is 4.79 Å². The van der Waals surface area contributed by atoms with Crippen molar-refractivity contribution in [2.24, 2.45) is 0 Å². The molecule has 0 aliphatic heterocycles. The van der Waals surface area contributed by atoms with Gasteiger partial charge in [-0.05, 0) is 49.9 Å². The SMILES string of the molecule is Cc1nn(CC(=O)NCCc2ccc(Cl)cc2)c(C)c1CCO. The van der Waals surface area contributed by atoms with Crippen LogP contribution in [0.25, 0.3) is 0 Å². The Hall–Kier alpha value is -1.85. The third-order valence-electron chi connectivity index (χ3n) is 3.84. The largest absolute Gasteiger partial charge is 0.396 e. The summed E-state index contributed by atoms with van der Waals surface area (Å²) in [6.45, 7) is 4.67. The van der Waals surface area contributed by atoms with Crippen LogP contribution in [-0.4, -0.2) is 33.9 Å². The number of aliphatic hydroxyl groups excluding tert-OH is 1. The monoisotopic (exact) mass is 335 g/mol. The number of nitrogens with zero attached hydrogens (tertiary/aromatic N) is 2. The summed E-state index contributed by atoms with van der Waals surface area (Å²) in [7, 11) is 0. The van der Waals surface area contributed by atoms with Crippen molar-refractivity contribution < 1.29 is 9.90 Å². The second-order valence-electron chi connectivity index (χ2n) is 5.51. The zero-order chi connectivity index (χ0) is 16.8. The van der Waals surface area contributed by atoms with E-state index in [1.165, 1.54) is 0 Å². The molecule has 1 amide bonds. The molecular weight excluding hydrogens is 314 g/mol. The average Bonchev–Trinajstić information content (AvgIpc) is 2.77. The minimum Gasteiger partial charge on any atom is -0.396 e. The second kappa shape index (κ2) is 8.13. The van der Waals surface area contributed by atoms with Crippen LogP contribution in [0.1, 0.15) is 22.5 Å². The Morgan fingerprint density at radius 2 is 1.96 bits per heavy atom. The maximum Gasteiger partial charge on any atom is 0.241 e. The molecule has 2 aromatic rings. The van der Waals surface area contributed by atoms with Gasteiger partial charge in [-0.15, -0.1) is 0 Å². The van der Waals surface area contributed by atoms with Crippen molar-refractivity contribution in [1.82, 2.24) is 15.1 Å². The van der Waals surface area contributed by atoms with E-state index in [1.54, 1.807) is 4.68 Å². The van der Waals surface area contributed by atoms with Gasteiger partial charge in [-0.1, -0.05) is 23.7 Å². The Balaban J connectivity index is 1.85. The first-order valence-corrected chi connectivity index (χ1v) is 8.04. The predicted molar refractivity (Wildman–Crippen MR) is 90.7 cm³/mol. The van der Waals surface area contributed by atoms with Crippen LogP contribution in [-0.2, 0) is 24.2 Å². The molecule has 0 spiro atoms. The van der Waals surface area contributed by atoms with E-state index in [0.29, 0.717) is 18.0 Å². The van der Waals surface area contributed by atoms with Gasteiger partial charge in [-0.3, -0.25) is 9.48 Å². The smallest absolute Gasteiger partial charge is 0.241 e. The molecule has 1 aromatic carbocycles. The van der Waals surface area contributed by atoms with E-state index in [2.05, 4.69) is 10.4 Å². The highest BCUT2D eigenvalue weighted by molar-refractivity contribution is 6.30. The lowest BCUT2D eigenvalue weighted by Crippen LogP contribution is -2.30. The molecule has 124 valence electrons. The number of amides is 1. The molecule has 5 nitrogen and oxygen atoms in total. The molecule has 0 aliphatic carbocycles. The molecule has 0 fully saturated rings. The lowest BCUT2D eigenvalue weighted by atomic mass is 10.1. The summed E-state index contributed by atoms with van der Waals surface area (Å²) in [5.41, 5.74) is 3.95. The van der Waals surface area contributed by atoms with Gasteiger partial charge in [0.2, 0.25) is 5.91 Å². The minimum absolute atomic E-state index is 0.0693. The Kier molecular flexibility index (Phi) is 6.19. The molecule has 0 aliphatic rings. The van der Waals surface area contributed by atoms with Gasteiger partial charge in [0.05, 0.1) is 5.69 Å². The molecule has 1 aromatic heterocycles. The lowest BCUT2D eigenvalue weighted by Gasteiger charge is -2.07. The van der Waals surface area contributed by atoms with Crippen molar-refractivity contribution in [3.8, 4) is 0 Å². The van der Waals surface area contributed by atoms with Gasteiger partial charge >= 0.3 is 0 Å². The Bertz CT molecular complexity index is 665. The van der Waals surface area contributed by atoms with Crippen molar-refractivity contribution in [3.05, 3.63) is 51.8 Å². The normalized spacial score (nSPS) is 10.8. The molecule has 0 atom stereocenters. The van der Waals surface area contributed by atoms with Gasteiger partial charge < -0.3 is 10.4 Å². The summed E-state index contributed by atoms with van der Waals surface area (Å²) < 4.78 is 1.69. The van der Waals surface area contributed by atoms with Crippen LogP contribution in [0.15, 0.2) is 24.3 Å². The van der Waals surface area contributed by atoms with E-state index in [0.717, 1.165) is 28.9 Å². The maximum absolute atomic E-state index is 12.0. The zero-order valence-electron chi connectivity index (χ0n) is 13.5. The van der Waals surface area contributed by atoms with E-state index < -0.39 is 0 Å². The summed E-state index contributed by atoms with van der Waals surface area (Å²) >= 11 is 5.84. The molecule has 6 heteroatoms. The number of aryl methyl sites for hydroxylation is 1. The van der Waals surface area contributed by atoms with Crippen molar-refractivity contribution >= 4 is 17.5 Å². The van der Waals surface area contributed by atoms with E-state index in [-0.39, 0.29) is 19.1 Å². The summed E-state index contributed by atoms with van der Waals surface area (Å²) in [5.74, 6) is -0.0693. The van der Waals surface area contributed by atoms with Crippen LogP contribution in [0.2, 0.25) is 5.02 Å². The highest BCUT2D eigenvalue weighted by Crippen LogP contribution is 2.13. The highest BCUT2D eigenvalue weighted by Gasteiger charge is 2.13. The molecule has 23 heavy (non-hydrogen) atoms. The number of carbonyl (C=O) groups is 1. The molecule has 0 radical (unpaired) electrons. The topological polar surface area (TPSA) is 67.2 Å². The van der Waals surface area contributed by atoms with Gasteiger partial charge in [-0.2, -0.15) is 5.10 Å².